The molecule has 0 aliphatic carbocycles. The molecule has 1 atom stereocenters. The molecule has 0 radical (unpaired) electrons. The third kappa shape index (κ3) is 23.4. The first-order valence-electron chi connectivity index (χ1n) is 39.1. The fourth-order valence-corrected chi connectivity index (χ4v) is 15.5. The number of benzene rings is 8. The molecular formula is C96H72Cl8N8O14. The minimum absolute atomic E-state index is 0.00890. The van der Waals surface area contributed by atoms with Crippen molar-refractivity contribution in [3.05, 3.63) is 336 Å². The number of hydrogen-bond donors (Lipinski definition) is 0. The first-order valence-corrected chi connectivity index (χ1v) is 42.1. The maximum absolute atomic E-state index is 13.6. The lowest BCUT2D eigenvalue weighted by atomic mass is 9.96. The van der Waals surface area contributed by atoms with Crippen LogP contribution in [0, 0.1) is 41.7 Å². The molecule has 0 saturated carbocycles. The molecule has 2 fully saturated rings. The molecule has 0 N–H and O–H groups in total. The number of hydrogen-bond acceptors (Lipinski definition) is 20. The van der Waals surface area contributed by atoms with E-state index >= 15 is 0 Å². The Morgan fingerprint density at radius 1 is 0.413 bits per heavy atom. The van der Waals surface area contributed by atoms with Gasteiger partial charge in [0.2, 0.25) is 11.4 Å². The summed E-state index contributed by atoms with van der Waals surface area (Å²) in [5.41, 5.74) is 10.3. The van der Waals surface area contributed by atoms with Crippen LogP contribution >= 0.6 is 92.8 Å². The third-order valence-corrected chi connectivity index (χ3v) is 23.0. The topological polar surface area (TPSA) is 268 Å². The summed E-state index contributed by atoms with van der Waals surface area (Å²) < 4.78 is 60.0. The lowest BCUT2D eigenvalue weighted by Crippen LogP contribution is -2.29. The number of nitriles is 2. The highest BCUT2D eigenvalue weighted by Gasteiger charge is 2.29. The van der Waals surface area contributed by atoms with Gasteiger partial charge in [-0.05, 0) is 92.8 Å². The second-order valence-electron chi connectivity index (χ2n) is 29.0. The van der Waals surface area contributed by atoms with Gasteiger partial charge in [-0.15, -0.1) is 0 Å². The van der Waals surface area contributed by atoms with Crippen molar-refractivity contribution in [2.75, 3.05) is 19.8 Å². The molecule has 30 heteroatoms. The fourth-order valence-electron chi connectivity index (χ4n) is 13.5. The average molecular weight is 1850 g/mol. The zero-order valence-corrected chi connectivity index (χ0v) is 73.3. The van der Waals surface area contributed by atoms with Gasteiger partial charge in [0.05, 0.1) is 106 Å². The Labute approximate surface area is 765 Å². The molecule has 22 nitrogen and oxygen atoms in total. The highest BCUT2D eigenvalue weighted by Crippen LogP contribution is 2.45. The number of ether oxygens (including phenoxy) is 10. The van der Waals surface area contributed by atoms with Gasteiger partial charge in [0, 0.05) is 155 Å². The number of Topliss-reactive ketones (excluding diaryl/α,β-unsaturated/α-hetero) is 4. The van der Waals surface area contributed by atoms with E-state index in [-0.39, 0.29) is 178 Å². The normalized spacial score (nSPS) is 12.6. The lowest BCUT2D eigenvalue weighted by molar-refractivity contribution is -0.0322. The Morgan fingerprint density at radius 2 is 0.738 bits per heavy atom. The van der Waals surface area contributed by atoms with Crippen molar-refractivity contribution >= 4 is 127 Å². The number of carbonyl (C=O) groups is 4. The zero-order valence-electron chi connectivity index (χ0n) is 67.3. The highest BCUT2D eigenvalue weighted by atomic mass is 35.5. The molecule has 12 aromatic rings. The minimum atomic E-state index is -0.256. The van der Waals surface area contributed by atoms with Crippen LogP contribution in [0.4, 0.5) is 11.4 Å². The molecule has 636 valence electrons. The summed E-state index contributed by atoms with van der Waals surface area (Å²) >= 11 is 54.8. The van der Waals surface area contributed by atoms with Crippen LogP contribution in [0.25, 0.3) is 31.9 Å². The zero-order chi connectivity index (χ0) is 88.9. The van der Waals surface area contributed by atoms with Gasteiger partial charge in [-0.1, -0.05) is 166 Å². The van der Waals surface area contributed by atoms with E-state index in [1.54, 1.807) is 85.5 Å². The Balaban J connectivity index is 0.000000216. The number of ketones is 4. The van der Waals surface area contributed by atoms with Crippen molar-refractivity contribution in [2.24, 2.45) is 5.92 Å². The van der Waals surface area contributed by atoms with E-state index in [2.05, 4.69) is 29.6 Å². The van der Waals surface area contributed by atoms with Crippen LogP contribution < -0.4 is 37.9 Å². The van der Waals surface area contributed by atoms with Gasteiger partial charge >= 0.3 is 0 Å². The van der Waals surface area contributed by atoms with Crippen molar-refractivity contribution in [2.45, 2.75) is 105 Å². The van der Waals surface area contributed by atoms with Crippen LogP contribution in [0.5, 0.6) is 46.0 Å². The quantitative estimate of drug-likeness (QED) is 0.0264. The van der Waals surface area contributed by atoms with Gasteiger partial charge < -0.3 is 47.4 Å². The van der Waals surface area contributed by atoms with E-state index in [1.165, 1.54) is 50.8 Å². The van der Waals surface area contributed by atoms with Crippen molar-refractivity contribution < 1.29 is 66.5 Å². The summed E-state index contributed by atoms with van der Waals surface area (Å²) in [5, 5.41) is 20.9. The maximum atomic E-state index is 13.6. The second-order valence-corrected chi connectivity index (χ2v) is 32.1. The van der Waals surface area contributed by atoms with Crippen LogP contribution in [-0.4, -0.2) is 69.0 Å². The van der Waals surface area contributed by atoms with Gasteiger partial charge in [-0.3, -0.25) is 39.1 Å². The smallest absolute Gasteiger partial charge is 0.205 e. The van der Waals surface area contributed by atoms with Crippen LogP contribution in [0.3, 0.4) is 0 Å². The lowest BCUT2D eigenvalue weighted by Gasteiger charge is -2.25. The number of pyridine rings is 4. The molecule has 2 saturated heterocycles. The van der Waals surface area contributed by atoms with Crippen molar-refractivity contribution in [3.8, 4) is 80.4 Å². The van der Waals surface area contributed by atoms with Gasteiger partial charge in [-0.2, -0.15) is 10.5 Å². The van der Waals surface area contributed by atoms with Crippen LogP contribution in [-0.2, 0) is 62.3 Å². The number of halogens is 8. The Kier molecular flexibility index (Phi) is 31.5. The van der Waals surface area contributed by atoms with Crippen molar-refractivity contribution in [3.63, 3.8) is 0 Å². The number of nitrogens with zero attached hydrogens (tertiary/aromatic N) is 8. The first-order chi connectivity index (χ1) is 61.0. The molecule has 8 aromatic carbocycles. The van der Waals surface area contributed by atoms with Gasteiger partial charge in [0.25, 0.3) is 0 Å². The third-order valence-electron chi connectivity index (χ3n) is 20.1. The molecule has 0 bridgehead atoms. The molecule has 2 aliphatic heterocycles. The standard InChI is InChI=1S/C49H38Cl4N4O7.C47H34Cl4N4O7/c1-29(58)39-16-41(50)46(18-44(39)61-25-31-14-30(20-54)21-56-22-31)63-27-33-6-3-9-37(48(33)52)38-10-4-7-34(49(38)53)28-64-47-19-45(62-26-32-15-35(55-2)24-57-23-32)40(17-42(47)51)43(59)12-11-36-8-5-13-60-36;1-27(56)37-12-39(48)44(14-42(37)59-23-29-9-28(16-52)17-54-18-29)61-25-32-5-3-7-35(46(32)50)36-8-4-6-33(47(36)51)26-62-45-15-43(60-24-30-10-34(53-2)20-55-19-30)38(13-40(45)49)41(57)11-31-21-58-22-31/h3-4,6-7,9-10,14-19,21-24,36H,5,8,11-13,25-28H2,1H3;3-10,12-15,17-20,31H,11,21-26H2,1H3. The largest absolute Gasteiger partial charge is 0.488 e. The summed E-state index contributed by atoms with van der Waals surface area (Å²) in [5.74, 6) is 1.43. The van der Waals surface area contributed by atoms with E-state index in [1.807, 2.05) is 84.9 Å². The molecule has 1 unspecified atom stereocenters. The van der Waals surface area contributed by atoms with Crippen molar-refractivity contribution in [1.82, 2.24) is 19.9 Å². The molecular weight excluding hydrogens is 1770 g/mol. The summed E-state index contributed by atoms with van der Waals surface area (Å²) in [4.78, 5) is 75.2. The molecule has 4 aromatic heterocycles. The minimum Gasteiger partial charge on any atom is -0.488 e. The van der Waals surface area contributed by atoms with Gasteiger partial charge in [-0.25, -0.2) is 9.69 Å². The molecule has 14 rings (SSSR count). The average Bonchev–Trinajstić information content (AvgIpc) is 0.824. The SMILES string of the molecule is [C-]#[N+]c1cncc(COc2cc(OCc3cccc(-c4cccc(COc5cc(OCc6cncc(C#N)c6)c(C(C)=O)cc5Cl)c4Cl)c3Cl)c(Cl)cc2C(=O)CC2COC2)c1.[C-]#[N+]c1cncc(COc2cc(OCc3cccc(-c4cccc(COc5cc(OCc6cncc(C#N)c6)c(C(C)=O)cc5Cl)c4Cl)c3Cl)c(Cl)cc2C(=O)CCC2CCCO2)c1. The molecule has 2 aliphatic rings. The van der Waals surface area contributed by atoms with Gasteiger partial charge in [0.15, 0.2) is 23.1 Å². The van der Waals surface area contributed by atoms with Crippen LogP contribution in [0.15, 0.2) is 195 Å². The Hall–Kier alpha value is -12.4. The highest BCUT2D eigenvalue weighted by molar-refractivity contribution is 6.38. The van der Waals surface area contributed by atoms with E-state index in [0.717, 1.165) is 12.8 Å². The van der Waals surface area contributed by atoms with Gasteiger partial charge in [0.1, 0.15) is 111 Å². The Morgan fingerprint density at radius 3 is 1.06 bits per heavy atom. The van der Waals surface area contributed by atoms with Crippen LogP contribution in [0.1, 0.15) is 143 Å². The predicted molar refractivity (Wildman–Crippen MR) is 479 cm³/mol. The molecule has 0 amide bonds. The number of carbonyl (C=O) groups excluding carboxylic acids is 4. The van der Waals surface area contributed by atoms with Crippen molar-refractivity contribution in [1.29, 1.82) is 10.5 Å². The maximum Gasteiger partial charge on any atom is 0.205 e. The second kappa shape index (κ2) is 43.5. The molecule has 6 heterocycles. The first kappa shape index (κ1) is 91.3. The summed E-state index contributed by atoms with van der Waals surface area (Å²) in [6.07, 6.45) is 15.2. The van der Waals surface area contributed by atoms with E-state index < -0.39 is 0 Å². The predicted octanol–water partition coefficient (Wildman–Crippen LogP) is 24.8. The number of rotatable bonds is 35. The Bertz CT molecular complexity index is 6320. The fraction of sp³-hybridized carbons (Fsp3) is 0.208. The summed E-state index contributed by atoms with van der Waals surface area (Å²) in [6, 6.07) is 45.0. The summed E-state index contributed by atoms with van der Waals surface area (Å²) in [7, 11) is 0. The summed E-state index contributed by atoms with van der Waals surface area (Å²) in [6.45, 7) is 19.4. The number of aromatic nitrogens is 4. The monoisotopic (exact) mass is 1840 g/mol. The van der Waals surface area contributed by atoms with E-state index in [0.29, 0.717) is 147 Å². The van der Waals surface area contributed by atoms with E-state index in [9.17, 15) is 29.7 Å². The molecule has 0 spiro atoms. The van der Waals surface area contributed by atoms with E-state index in [4.69, 9.17) is 153 Å². The van der Waals surface area contributed by atoms with Crippen LogP contribution in [0.2, 0.25) is 40.2 Å². The molecule has 126 heavy (non-hydrogen) atoms.